The second-order valence-corrected chi connectivity index (χ2v) is 4.44. The van der Waals surface area contributed by atoms with Gasteiger partial charge in [0.25, 0.3) is 0 Å². The van der Waals surface area contributed by atoms with E-state index in [1.807, 2.05) is 6.92 Å². The smallest absolute Gasteiger partial charge is 0.234 e. The van der Waals surface area contributed by atoms with E-state index in [0.717, 1.165) is 6.42 Å². The molecule has 0 fully saturated rings. The molecule has 1 aromatic carbocycles. The molecule has 2 aromatic rings. The summed E-state index contributed by atoms with van der Waals surface area (Å²) in [5, 5.41) is 3.77. The topological polar surface area (TPSA) is 56.0 Å². The number of benzene rings is 1. The van der Waals surface area contributed by atoms with Gasteiger partial charge >= 0.3 is 0 Å². The van der Waals surface area contributed by atoms with Crippen LogP contribution in [-0.4, -0.2) is 15.9 Å². The molecule has 0 amide bonds. The Morgan fingerprint density at radius 1 is 1.42 bits per heavy atom. The van der Waals surface area contributed by atoms with Crippen molar-refractivity contribution in [2.45, 2.75) is 33.1 Å². The molecule has 0 saturated heterocycles. The van der Waals surface area contributed by atoms with Crippen LogP contribution in [0.1, 0.15) is 31.2 Å². The molecule has 0 aliphatic rings. The highest BCUT2D eigenvalue weighted by molar-refractivity contribution is 5.79. The number of carbonyl (C=O) groups excluding carboxylic acids is 1. The zero-order chi connectivity index (χ0) is 13.8. The molecule has 0 unspecified atom stereocenters. The molecule has 0 bridgehead atoms. The first-order valence-corrected chi connectivity index (χ1v) is 6.21. The van der Waals surface area contributed by atoms with Gasteiger partial charge in [0.15, 0.2) is 0 Å². The van der Waals surface area contributed by atoms with E-state index in [0.29, 0.717) is 23.4 Å². The maximum Gasteiger partial charge on any atom is 0.234 e. The number of halogens is 1. The molecule has 0 N–H and O–H groups in total. The molecule has 0 aliphatic carbocycles. The van der Waals surface area contributed by atoms with Gasteiger partial charge in [0, 0.05) is 12.0 Å². The summed E-state index contributed by atoms with van der Waals surface area (Å²) in [6, 6.07) is 4.74. The lowest BCUT2D eigenvalue weighted by atomic mass is 10.1. The van der Waals surface area contributed by atoms with E-state index in [1.165, 1.54) is 6.07 Å². The molecule has 19 heavy (non-hydrogen) atoms. The molecule has 0 spiro atoms. The third-order valence-corrected chi connectivity index (χ3v) is 2.78. The number of Topliss-reactive ketones (excluding diaryl/α,β-unsaturated/α-hetero) is 1. The number of hydrogen-bond acceptors (Lipinski definition) is 4. The molecule has 0 aliphatic heterocycles. The van der Waals surface area contributed by atoms with Crippen molar-refractivity contribution in [3.8, 4) is 11.4 Å². The van der Waals surface area contributed by atoms with Crippen LogP contribution in [0.15, 0.2) is 22.7 Å². The fraction of sp³-hybridized carbons (Fsp3) is 0.357. The Morgan fingerprint density at radius 3 is 2.89 bits per heavy atom. The van der Waals surface area contributed by atoms with Crippen LogP contribution < -0.4 is 0 Å². The Bertz CT molecular complexity index is 593. The quantitative estimate of drug-likeness (QED) is 0.830. The van der Waals surface area contributed by atoms with E-state index in [-0.39, 0.29) is 23.9 Å². The monoisotopic (exact) mass is 262 g/mol. The standard InChI is InChI=1S/C14H15FN2O2/c1-3-4-11(18)8-13-16-14(17-19-13)10-6-5-9(2)12(15)7-10/h5-7H,3-4,8H2,1-2H3. The number of rotatable bonds is 5. The van der Waals surface area contributed by atoms with E-state index in [2.05, 4.69) is 10.1 Å². The number of aryl methyl sites for hydroxylation is 1. The number of hydrogen-bond donors (Lipinski definition) is 0. The summed E-state index contributed by atoms with van der Waals surface area (Å²) in [4.78, 5) is 15.6. The third kappa shape index (κ3) is 3.24. The normalized spacial score (nSPS) is 10.7. The highest BCUT2D eigenvalue weighted by Gasteiger charge is 2.12. The fourth-order valence-electron chi connectivity index (χ4n) is 1.71. The van der Waals surface area contributed by atoms with Crippen molar-refractivity contribution >= 4 is 5.78 Å². The summed E-state index contributed by atoms with van der Waals surface area (Å²) < 4.78 is 18.4. The Morgan fingerprint density at radius 2 is 2.21 bits per heavy atom. The Kier molecular flexibility index (Phi) is 4.04. The minimum Gasteiger partial charge on any atom is -0.339 e. The lowest BCUT2D eigenvalue weighted by Crippen LogP contribution is -2.01. The highest BCUT2D eigenvalue weighted by atomic mass is 19.1. The predicted molar refractivity (Wildman–Crippen MR) is 68.0 cm³/mol. The van der Waals surface area contributed by atoms with Crippen LogP contribution in [-0.2, 0) is 11.2 Å². The van der Waals surface area contributed by atoms with E-state index in [9.17, 15) is 9.18 Å². The molecular formula is C14H15FN2O2. The van der Waals surface area contributed by atoms with Crippen molar-refractivity contribution in [2.75, 3.05) is 0 Å². The van der Waals surface area contributed by atoms with Gasteiger partial charge in [-0.3, -0.25) is 4.79 Å². The van der Waals surface area contributed by atoms with Gasteiger partial charge in [-0.2, -0.15) is 4.98 Å². The molecule has 4 nitrogen and oxygen atoms in total. The van der Waals surface area contributed by atoms with Gasteiger partial charge in [-0.1, -0.05) is 24.2 Å². The molecule has 5 heteroatoms. The zero-order valence-electron chi connectivity index (χ0n) is 10.9. The summed E-state index contributed by atoms with van der Waals surface area (Å²) in [7, 11) is 0. The summed E-state index contributed by atoms with van der Waals surface area (Å²) in [5.74, 6) is 0.325. The van der Waals surface area contributed by atoms with Gasteiger partial charge in [0.2, 0.25) is 11.7 Å². The van der Waals surface area contributed by atoms with Crippen LogP contribution >= 0.6 is 0 Å². The number of nitrogens with zero attached hydrogens (tertiary/aromatic N) is 2. The molecule has 0 atom stereocenters. The average molecular weight is 262 g/mol. The van der Waals surface area contributed by atoms with Gasteiger partial charge in [-0.05, 0) is 25.0 Å². The van der Waals surface area contributed by atoms with Crippen LogP contribution in [0, 0.1) is 12.7 Å². The number of carbonyl (C=O) groups is 1. The summed E-state index contributed by atoms with van der Waals surface area (Å²) in [6.07, 6.45) is 1.43. The second kappa shape index (κ2) is 5.73. The SMILES string of the molecule is CCCC(=O)Cc1nc(-c2ccc(C)c(F)c2)no1. The van der Waals surface area contributed by atoms with Gasteiger partial charge in [0.05, 0.1) is 6.42 Å². The van der Waals surface area contributed by atoms with E-state index in [4.69, 9.17) is 4.52 Å². The minimum absolute atomic E-state index is 0.0628. The van der Waals surface area contributed by atoms with Gasteiger partial charge in [-0.15, -0.1) is 0 Å². The van der Waals surface area contributed by atoms with Gasteiger partial charge < -0.3 is 4.52 Å². The van der Waals surface area contributed by atoms with Crippen molar-refractivity contribution in [3.63, 3.8) is 0 Å². The number of aromatic nitrogens is 2. The van der Waals surface area contributed by atoms with Crippen LogP contribution in [0.25, 0.3) is 11.4 Å². The molecular weight excluding hydrogens is 247 g/mol. The largest absolute Gasteiger partial charge is 0.339 e. The first kappa shape index (κ1) is 13.4. The maximum absolute atomic E-state index is 13.4. The van der Waals surface area contributed by atoms with Gasteiger partial charge in [0.1, 0.15) is 11.6 Å². The average Bonchev–Trinajstić information content (AvgIpc) is 2.81. The van der Waals surface area contributed by atoms with Crippen LogP contribution in [0.3, 0.4) is 0 Å². The van der Waals surface area contributed by atoms with Gasteiger partial charge in [-0.25, -0.2) is 4.39 Å². The highest BCUT2D eigenvalue weighted by Crippen LogP contribution is 2.19. The van der Waals surface area contributed by atoms with Crippen LogP contribution in [0.4, 0.5) is 4.39 Å². The van der Waals surface area contributed by atoms with Crippen molar-refractivity contribution in [1.29, 1.82) is 0 Å². The summed E-state index contributed by atoms with van der Waals surface area (Å²) in [5.41, 5.74) is 1.10. The van der Waals surface area contributed by atoms with Crippen molar-refractivity contribution in [2.24, 2.45) is 0 Å². The Hall–Kier alpha value is -2.04. The van der Waals surface area contributed by atoms with Crippen LogP contribution in [0.2, 0.25) is 0 Å². The van der Waals surface area contributed by atoms with Crippen molar-refractivity contribution in [1.82, 2.24) is 10.1 Å². The molecule has 1 aromatic heterocycles. The van der Waals surface area contributed by atoms with Crippen molar-refractivity contribution in [3.05, 3.63) is 35.5 Å². The number of ketones is 1. The molecule has 1 heterocycles. The lowest BCUT2D eigenvalue weighted by Gasteiger charge is -1.97. The third-order valence-electron chi connectivity index (χ3n) is 2.78. The second-order valence-electron chi connectivity index (χ2n) is 4.44. The molecule has 2 rings (SSSR count). The van der Waals surface area contributed by atoms with E-state index >= 15 is 0 Å². The van der Waals surface area contributed by atoms with Crippen LogP contribution in [0.5, 0.6) is 0 Å². The Balaban J connectivity index is 2.16. The Labute approximate surface area is 110 Å². The molecule has 0 saturated carbocycles. The van der Waals surface area contributed by atoms with Crippen molar-refractivity contribution < 1.29 is 13.7 Å². The van der Waals surface area contributed by atoms with E-state index < -0.39 is 0 Å². The zero-order valence-corrected chi connectivity index (χ0v) is 10.9. The summed E-state index contributed by atoms with van der Waals surface area (Å²) >= 11 is 0. The molecule has 100 valence electrons. The van der Waals surface area contributed by atoms with E-state index in [1.54, 1.807) is 19.1 Å². The predicted octanol–water partition coefficient (Wildman–Crippen LogP) is 3.10. The first-order valence-electron chi connectivity index (χ1n) is 6.21. The first-order chi connectivity index (χ1) is 9.10. The maximum atomic E-state index is 13.4. The minimum atomic E-state index is -0.314. The lowest BCUT2D eigenvalue weighted by molar-refractivity contribution is -0.118. The fourth-order valence-corrected chi connectivity index (χ4v) is 1.71. The summed E-state index contributed by atoms with van der Waals surface area (Å²) in [6.45, 7) is 3.62. The molecule has 0 radical (unpaired) electrons.